The minimum atomic E-state index is -3.54. The van der Waals surface area contributed by atoms with Crippen molar-refractivity contribution in [1.82, 2.24) is 9.62 Å². The largest absolute Gasteiger partial charge is 0.379 e. The topological polar surface area (TPSA) is 75.7 Å². The van der Waals surface area contributed by atoms with Crippen molar-refractivity contribution in [2.24, 2.45) is 0 Å². The molecule has 1 fully saturated rings. The van der Waals surface area contributed by atoms with Gasteiger partial charge in [0.1, 0.15) is 0 Å². The highest BCUT2D eigenvalue weighted by Crippen LogP contribution is 2.18. The Bertz CT molecular complexity index is 861. The van der Waals surface area contributed by atoms with Crippen molar-refractivity contribution < 1.29 is 17.9 Å². The molecule has 1 atom stereocenters. The van der Waals surface area contributed by atoms with Gasteiger partial charge in [-0.3, -0.25) is 4.79 Å². The summed E-state index contributed by atoms with van der Waals surface area (Å²) in [5, 5.41) is 2.90. The first kappa shape index (κ1) is 19.5. The van der Waals surface area contributed by atoms with Crippen molar-refractivity contribution in [2.75, 3.05) is 32.8 Å². The molecular formula is C20H24N2O4S. The molecule has 1 heterocycles. The lowest BCUT2D eigenvalue weighted by molar-refractivity contribution is 0.0730. The Kier molecular flexibility index (Phi) is 6.26. The number of carbonyl (C=O) groups excluding carboxylic acids is 1. The van der Waals surface area contributed by atoms with E-state index in [-0.39, 0.29) is 16.7 Å². The highest BCUT2D eigenvalue weighted by Gasteiger charge is 2.26. The number of hydrogen-bond donors (Lipinski definition) is 1. The molecule has 1 saturated heterocycles. The number of nitrogens with zero attached hydrogens (tertiary/aromatic N) is 1. The second-order valence-electron chi connectivity index (χ2n) is 6.56. The lowest BCUT2D eigenvalue weighted by atomic mass is 10.0. The molecule has 0 bridgehead atoms. The predicted octanol–water partition coefficient (Wildman–Crippen LogP) is 2.24. The molecule has 27 heavy (non-hydrogen) atoms. The normalized spacial score (nSPS) is 16.6. The van der Waals surface area contributed by atoms with E-state index >= 15 is 0 Å². The van der Waals surface area contributed by atoms with E-state index in [1.807, 2.05) is 37.3 Å². The van der Waals surface area contributed by atoms with E-state index < -0.39 is 10.0 Å². The Morgan fingerprint density at radius 2 is 1.70 bits per heavy atom. The summed E-state index contributed by atoms with van der Waals surface area (Å²) < 4.78 is 31.8. The molecule has 7 heteroatoms. The number of nitrogens with one attached hydrogen (secondary N) is 1. The van der Waals surface area contributed by atoms with Gasteiger partial charge in [-0.25, -0.2) is 8.42 Å². The number of sulfonamides is 1. The van der Waals surface area contributed by atoms with Crippen LogP contribution in [0.5, 0.6) is 0 Å². The van der Waals surface area contributed by atoms with E-state index in [2.05, 4.69) is 5.32 Å². The number of benzene rings is 2. The van der Waals surface area contributed by atoms with Crippen LogP contribution in [0.25, 0.3) is 0 Å². The third kappa shape index (κ3) is 4.74. The fourth-order valence-corrected chi connectivity index (χ4v) is 4.37. The minimum Gasteiger partial charge on any atom is -0.379 e. The fourth-order valence-electron chi connectivity index (χ4n) is 2.96. The summed E-state index contributed by atoms with van der Waals surface area (Å²) in [5.74, 6) is -0.0239. The van der Waals surface area contributed by atoms with Crippen LogP contribution < -0.4 is 5.32 Å². The van der Waals surface area contributed by atoms with Crippen molar-refractivity contribution >= 4 is 15.9 Å². The van der Waals surface area contributed by atoms with Gasteiger partial charge < -0.3 is 10.1 Å². The van der Waals surface area contributed by atoms with Gasteiger partial charge >= 0.3 is 0 Å². The van der Waals surface area contributed by atoms with Crippen LogP contribution >= 0.6 is 0 Å². The van der Waals surface area contributed by atoms with E-state index in [0.717, 1.165) is 5.56 Å². The van der Waals surface area contributed by atoms with Crippen molar-refractivity contribution in [1.29, 1.82) is 0 Å². The molecule has 2 aromatic carbocycles. The second kappa shape index (κ2) is 8.65. The first-order valence-electron chi connectivity index (χ1n) is 8.99. The van der Waals surface area contributed by atoms with Crippen molar-refractivity contribution in [3.8, 4) is 0 Å². The summed E-state index contributed by atoms with van der Waals surface area (Å²) >= 11 is 0. The minimum absolute atomic E-state index is 0.191. The zero-order chi connectivity index (χ0) is 19.3. The SMILES string of the molecule is CC(CNC(=O)c1ccc(S(=O)(=O)N2CCOCC2)cc1)c1ccccc1. The molecule has 1 amide bonds. The molecule has 144 valence electrons. The number of amides is 1. The van der Waals surface area contributed by atoms with E-state index in [1.54, 1.807) is 12.1 Å². The molecule has 2 aromatic rings. The summed E-state index contributed by atoms with van der Waals surface area (Å²) in [7, 11) is -3.54. The number of ether oxygens (including phenoxy) is 1. The lowest BCUT2D eigenvalue weighted by Crippen LogP contribution is -2.40. The number of carbonyl (C=O) groups is 1. The van der Waals surface area contributed by atoms with E-state index in [1.165, 1.54) is 16.4 Å². The predicted molar refractivity (Wildman–Crippen MR) is 103 cm³/mol. The van der Waals surface area contributed by atoms with Crippen LogP contribution in [0.2, 0.25) is 0 Å². The Labute approximate surface area is 160 Å². The van der Waals surface area contributed by atoms with Gasteiger partial charge in [0.2, 0.25) is 10.0 Å². The van der Waals surface area contributed by atoms with Crippen LogP contribution in [0.4, 0.5) is 0 Å². The Balaban J connectivity index is 1.62. The molecule has 0 aliphatic carbocycles. The molecule has 1 aliphatic heterocycles. The zero-order valence-corrected chi connectivity index (χ0v) is 16.1. The molecule has 0 spiro atoms. The molecule has 3 rings (SSSR count). The van der Waals surface area contributed by atoms with Crippen molar-refractivity contribution in [2.45, 2.75) is 17.7 Å². The molecule has 0 aromatic heterocycles. The Hall–Kier alpha value is -2.22. The third-order valence-corrected chi connectivity index (χ3v) is 6.57. The fraction of sp³-hybridized carbons (Fsp3) is 0.350. The summed E-state index contributed by atoms with van der Waals surface area (Å²) in [5.41, 5.74) is 1.60. The summed E-state index contributed by atoms with van der Waals surface area (Å²) in [4.78, 5) is 12.5. The van der Waals surface area contributed by atoms with E-state index in [0.29, 0.717) is 38.4 Å². The third-order valence-electron chi connectivity index (χ3n) is 4.66. The lowest BCUT2D eigenvalue weighted by Gasteiger charge is -2.26. The van der Waals surface area contributed by atoms with Gasteiger partial charge in [0.15, 0.2) is 0 Å². The molecule has 6 nitrogen and oxygen atoms in total. The molecule has 1 N–H and O–H groups in total. The maximum absolute atomic E-state index is 12.6. The van der Waals surface area contributed by atoms with Gasteiger partial charge in [0.05, 0.1) is 18.1 Å². The zero-order valence-electron chi connectivity index (χ0n) is 15.3. The van der Waals surface area contributed by atoms with Gasteiger partial charge in [-0.05, 0) is 35.7 Å². The number of rotatable bonds is 6. The van der Waals surface area contributed by atoms with E-state index in [4.69, 9.17) is 4.74 Å². The first-order chi connectivity index (χ1) is 13.0. The Morgan fingerprint density at radius 3 is 2.33 bits per heavy atom. The van der Waals surface area contributed by atoms with Gasteiger partial charge in [0.25, 0.3) is 5.91 Å². The summed E-state index contributed by atoms with van der Waals surface area (Å²) in [6, 6.07) is 16.0. The van der Waals surface area contributed by atoms with Crippen LogP contribution in [0.15, 0.2) is 59.5 Å². The quantitative estimate of drug-likeness (QED) is 0.824. The first-order valence-corrected chi connectivity index (χ1v) is 10.4. The molecule has 1 unspecified atom stereocenters. The van der Waals surface area contributed by atoms with Crippen LogP contribution in [0.3, 0.4) is 0 Å². The van der Waals surface area contributed by atoms with Gasteiger partial charge in [-0.1, -0.05) is 37.3 Å². The maximum Gasteiger partial charge on any atom is 0.251 e. The van der Waals surface area contributed by atoms with Crippen LogP contribution in [-0.4, -0.2) is 51.5 Å². The monoisotopic (exact) mass is 388 g/mol. The van der Waals surface area contributed by atoms with Gasteiger partial charge in [0, 0.05) is 25.2 Å². The summed E-state index contributed by atoms with van der Waals surface area (Å²) in [6.45, 7) is 4.06. The Morgan fingerprint density at radius 1 is 1.07 bits per heavy atom. The highest BCUT2D eigenvalue weighted by molar-refractivity contribution is 7.89. The van der Waals surface area contributed by atoms with Crippen LogP contribution in [-0.2, 0) is 14.8 Å². The standard InChI is InChI=1S/C20H24N2O4S/c1-16(17-5-3-2-4-6-17)15-21-20(23)18-7-9-19(10-8-18)27(24,25)22-11-13-26-14-12-22/h2-10,16H,11-15H2,1H3,(H,21,23). The van der Waals surface area contributed by atoms with Crippen LogP contribution in [0, 0.1) is 0 Å². The van der Waals surface area contributed by atoms with Gasteiger partial charge in [-0.15, -0.1) is 0 Å². The number of morpholine rings is 1. The van der Waals surface area contributed by atoms with Crippen LogP contribution in [0.1, 0.15) is 28.8 Å². The second-order valence-corrected chi connectivity index (χ2v) is 8.50. The highest BCUT2D eigenvalue weighted by atomic mass is 32.2. The maximum atomic E-state index is 12.6. The van der Waals surface area contributed by atoms with E-state index in [9.17, 15) is 13.2 Å². The smallest absolute Gasteiger partial charge is 0.251 e. The summed E-state index contributed by atoms with van der Waals surface area (Å²) in [6.07, 6.45) is 0. The van der Waals surface area contributed by atoms with Crippen molar-refractivity contribution in [3.63, 3.8) is 0 Å². The molecule has 1 aliphatic rings. The average Bonchev–Trinajstić information content (AvgIpc) is 2.73. The molecule has 0 radical (unpaired) electrons. The van der Waals surface area contributed by atoms with Crippen molar-refractivity contribution in [3.05, 3.63) is 65.7 Å². The van der Waals surface area contributed by atoms with Gasteiger partial charge in [-0.2, -0.15) is 4.31 Å². The average molecular weight is 388 g/mol. The number of hydrogen-bond acceptors (Lipinski definition) is 4. The molecular weight excluding hydrogens is 364 g/mol. The molecule has 0 saturated carbocycles.